The number of aryl methyl sites for hydroxylation is 2. The van der Waals surface area contributed by atoms with E-state index in [-0.39, 0.29) is 24.7 Å². The normalized spacial score (nSPS) is 12.8. The molecule has 4 heterocycles. The van der Waals surface area contributed by atoms with Crippen LogP contribution in [0.2, 0.25) is 0 Å². The maximum atomic E-state index is 12.9. The molecule has 4 aromatic rings. The van der Waals surface area contributed by atoms with Crippen molar-refractivity contribution in [3.05, 3.63) is 84.5 Å². The van der Waals surface area contributed by atoms with E-state index in [0.29, 0.717) is 66.8 Å². The summed E-state index contributed by atoms with van der Waals surface area (Å²) in [7, 11) is 1.55. The number of amides is 1. The minimum atomic E-state index is -0.157. The van der Waals surface area contributed by atoms with E-state index in [9.17, 15) is 9.59 Å². The first kappa shape index (κ1) is 30.9. The third-order valence-electron chi connectivity index (χ3n) is 7.26. The highest BCUT2D eigenvalue weighted by molar-refractivity contribution is 5.92. The molecule has 1 aliphatic heterocycles. The van der Waals surface area contributed by atoms with Crippen LogP contribution in [0.15, 0.2) is 67.8 Å². The lowest BCUT2D eigenvalue weighted by Crippen LogP contribution is -2.50. The first-order valence-electron chi connectivity index (χ1n) is 14.4. The summed E-state index contributed by atoms with van der Waals surface area (Å²) < 4.78 is 11.1. The van der Waals surface area contributed by atoms with Crippen LogP contribution in [0.5, 0.6) is 11.6 Å². The maximum absolute atomic E-state index is 12.9. The highest BCUT2D eigenvalue weighted by atomic mass is 16.5. The van der Waals surface area contributed by atoms with Gasteiger partial charge in [-0.2, -0.15) is 4.98 Å². The second-order valence-electron chi connectivity index (χ2n) is 10.4. The van der Waals surface area contributed by atoms with Gasteiger partial charge in [-0.3, -0.25) is 9.59 Å². The Kier molecular flexibility index (Phi) is 9.77. The monoisotopic (exact) mass is 609 g/mol. The number of pyridine rings is 1. The third-order valence-corrected chi connectivity index (χ3v) is 7.26. The molecule has 45 heavy (non-hydrogen) atoms. The Morgan fingerprint density at radius 3 is 2.44 bits per heavy atom. The van der Waals surface area contributed by atoms with Crippen molar-refractivity contribution in [1.29, 1.82) is 0 Å². The zero-order chi connectivity index (χ0) is 31.8. The van der Waals surface area contributed by atoms with Crippen molar-refractivity contribution in [2.75, 3.05) is 55.4 Å². The average Bonchev–Trinajstić information content (AvgIpc) is 3.07. The van der Waals surface area contributed by atoms with Crippen LogP contribution >= 0.6 is 0 Å². The molecule has 5 rings (SSSR count). The van der Waals surface area contributed by atoms with E-state index in [4.69, 9.17) is 9.47 Å². The highest BCUT2D eigenvalue weighted by Crippen LogP contribution is 2.28. The number of anilines is 5. The number of benzene rings is 1. The van der Waals surface area contributed by atoms with Crippen LogP contribution in [0.1, 0.15) is 16.7 Å². The number of piperazine rings is 1. The molecule has 1 fully saturated rings. The van der Waals surface area contributed by atoms with Gasteiger partial charge in [-0.05, 0) is 55.3 Å². The number of nitrogens with zero attached hydrogens (tertiary/aromatic N) is 7. The molecule has 1 amide bonds. The number of carbonyl (C=O) groups is 2. The van der Waals surface area contributed by atoms with Crippen LogP contribution in [-0.2, 0) is 16.0 Å². The minimum Gasteiger partial charge on any atom is -0.484 e. The van der Waals surface area contributed by atoms with Gasteiger partial charge in [-0.1, -0.05) is 6.58 Å². The van der Waals surface area contributed by atoms with Crippen molar-refractivity contribution in [3.63, 3.8) is 0 Å². The van der Waals surface area contributed by atoms with Crippen molar-refractivity contribution in [2.45, 2.75) is 20.3 Å². The largest absolute Gasteiger partial charge is 0.484 e. The maximum Gasteiger partial charge on any atom is 0.260 e. The average molecular weight is 610 g/mol. The van der Waals surface area contributed by atoms with E-state index in [1.165, 1.54) is 6.08 Å². The number of hydrogen-bond donors (Lipinski definition) is 2. The zero-order valence-corrected chi connectivity index (χ0v) is 25.5. The molecule has 232 valence electrons. The number of nitrogens with one attached hydrogen (secondary N) is 2. The SMILES string of the molecule is C=CC(=O)Cc1cc(OCC(=O)N2CCN(c3ncccn3)CC2)ccc1Nc1nc(Nc2cc(OC)ncc2C)ncc1C. The van der Waals surface area contributed by atoms with Gasteiger partial charge < -0.3 is 29.9 Å². The van der Waals surface area contributed by atoms with Gasteiger partial charge in [-0.15, -0.1) is 0 Å². The Bertz CT molecular complexity index is 1680. The fraction of sp³-hybridized carbons (Fsp3) is 0.281. The molecule has 1 aliphatic rings. The Morgan fingerprint density at radius 1 is 0.956 bits per heavy atom. The van der Waals surface area contributed by atoms with E-state index < -0.39 is 0 Å². The molecule has 0 saturated carbocycles. The van der Waals surface area contributed by atoms with E-state index in [2.05, 4.69) is 47.0 Å². The lowest BCUT2D eigenvalue weighted by atomic mass is 10.1. The number of allylic oxidation sites excluding steroid dienone is 1. The second-order valence-corrected chi connectivity index (χ2v) is 10.4. The minimum absolute atomic E-state index is 0.0890. The molecular formula is C32H35N9O4. The summed E-state index contributed by atoms with van der Waals surface area (Å²) in [4.78, 5) is 51.0. The van der Waals surface area contributed by atoms with Crippen LogP contribution in [-0.4, -0.2) is 81.4 Å². The highest BCUT2D eigenvalue weighted by Gasteiger charge is 2.23. The molecule has 0 unspecified atom stereocenters. The van der Waals surface area contributed by atoms with Gasteiger partial charge in [0.15, 0.2) is 12.4 Å². The van der Waals surface area contributed by atoms with Gasteiger partial charge in [0, 0.05) is 74.7 Å². The number of carbonyl (C=O) groups excluding carboxylic acids is 2. The Morgan fingerprint density at radius 2 is 1.71 bits per heavy atom. The summed E-state index contributed by atoms with van der Waals surface area (Å²) >= 11 is 0. The van der Waals surface area contributed by atoms with E-state index in [1.807, 2.05) is 13.8 Å². The van der Waals surface area contributed by atoms with Crippen molar-refractivity contribution >= 4 is 40.8 Å². The van der Waals surface area contributed by atoms with Gasteiger partial charge in [0.1, 0.15) is 11.6 Å². The van der Waals surface area contributed by atoms with Gasteiger partial charge in [-0.25, -0.2) is 19.9 Å². The summed E-state index contributed by atoms with van der Waals surface area (Å²) in [5.41, 5.74) is 3.80. The number of methoxy groups -OCH3 is 1. The molecule has 3 aromatic heterocycles. The summed E-state index contributed by atoms with van der Waals surface area (Å²) in [6.07, 6.45) is 8.19. The topological polar surface area (TPSA) is 148 Å². The van der Waals surface area contributed by atoms with Crippen LogP contribution in [0.25, 0.3) is 0 Å². The predicted octanol–water partition coefficient (Wildman–Crippen LogP) is 3.80. The molecule has 1 saturated heterocycles. The summed E-state index contributed by atoms with van der Waals surface area (Å²) in [5.74, 6) is 2.26. The predicted molar refractivity (Wildman–Crippen MR) is 171 cm³/mol. The second kappa shape index (κ2) is 14.3. The van der Waals surface area contributed by atoms with E-state index in [0.717, 1.165) is 16.8 Å². The van der Waals surface area contributed by atoms with Crippen LogP contribution in [0.4, 0.5) is 29.1 Å². The van der Waals surface area contributed by atoms with Crippen molar-refractivity contribution < 1.29 is 19.1 Å². The molecule has 2 N–H and O–H groups in total. The molecule has 0 aliphatic carbocycles. The molecule has 13 nitrogen and oxygen atoms in total. The zero-order valence-electron chi connectivity index (χ0n) is 25.5. The number of ketones is 1. The molecule has 0 radical (unpaired) electrons. The van der Waals surface area contributed by atoms with Crippen LogP contribution in [0, 0.1) is 13.8 Å². The van der Waals surface area contributed by atoms with E-state index in [1.54, 1.807) is 67.1 Å². The van der Waals surface area contributed by atoms with Crippen LogP contribution < -0.4 is 25.0 Å². The van der Waals surface area contributed by atoms with Gasteiger partial charge >= 0.3 is 0 Å². The number of hydrogen-bond acceptors (Lipinski definition) is 12. The Labute approximate surface area is 261 Å². The fourth-order valence-corrected chi connectivity index (χ4v) is 4.66. The summed E-state index contributed by atoms with van der Waals surface area (Å²) in [6, 6.07) is 8.86. The van der Waals surface area contributed by atoms with Gasteiger partial charge in [0.25, 0.3) is 5.91 Å². The Balaban J connectivity index is 1.26. The quantitative estimate of drug-likeness (QED) is 0.225. The molecule has 0 bridgehead atoms. The summed E-state index contributed by atoms with van der Waals surface area (Å²) in [5, 5.41) is 6.55. The molecule has 1 aromatic carbocycles. The first-order chi connectivity index (χ1) is 21.8. The Hall–Kier alpha value is -5.59. The first-order valence-corrected chi connectivity index (χ1v) is 14.4. The van der Waals surface area contributed by atoms with Crippen molar-refractivity contribution in [2.24, 2.45) is 0 Å². The van der Waals surface area contributed by atoms with Gasteiger partial charge in [0.05, 0.1) is 12.8 Å². The van der Waals surface area contributed by atoms with Crippen molar-refractivity contribution in [3.8, 4) is 11.6 Å². The number of aromatic nitrogens is 5. The third kappa shape index (κ3) is 7.88. The standard InChI is InChI=1S/C32H35N9O4/c1-5-24(42)15-23-16-25(45-20-29(43)40-11-13-41(14-12-40)32-33-9-6-10-34-32)7-8-26(23)37-30-22(3)19-36-31(39-30)38-27-17-28(44-4)35-18-21(27)2/h5-10,16-19H,1,11-15,20H2,2-4H3,(H2,35,36,37,38,39). The number of ether oxygens (including phenoxy) is 2. The molecule has 0 spiro atoms. The van der Waals surface area contributed by atoms with Crippen molar-refractivity contribution in [1.82, 2.24) is 29.8 Å². The summed E-state index contributed by atoms with van der Waals surface area (Å²) in [6.45, 7) is 9.67. The molecule has 13 heteroatoms. The smallest absolute Gasteiger partial charge is 0.260 e. The molecular weight excluding hydrogens is 574 g/mol. The lowest BCUT2D eigenvalue weighted by Gasteiger charge is -2.34. The fourth-order valence-electron chi connectivity index (χ4n) is 4.66. The van der Waals surface area contributed by atoms with Crippen LogP contribution in [0.3, 0.4) is 0 Å². The lowest BCUT2D eigenvalue weighted by molar-refractivity contribution is -0.133. The van der Waals surface area contributed by atoms with Gasteiger partial charge in [0.2, 0.25) is 17.8 Å². The van der Waals surface area contributed by atoms with E-state index >= 15 is 0 Å². The number of rotatable bonds is 12. The molecule has 0 atom stereocenters.